The number of quaternary nitrogens is 1. The minimum Gasteiger partial charge on any atom is -0.550 e. The Hall–Kier alpha value is -1.14. The van der Waals surface area contributed by atoms with Gasteiger partial charge < -0.3 is 26.5 Å². The van der Waals surface area contributed by atoms with Crippen LogP contribution < -0.4 is 16.6 Å². The summed E-state index contributed by atoms with van der Waals surface area (Å²) in [5.41, 5.74) is 0. The predicted octanol–water partition coefficient (Wildman–Crippen LogP) is -2.39. The van der Waals surface area contributed by atoms with Gasteiger partial charge in [0.15, 0.2) is 0 Å². The van der Waals surface area contributed by atoms with Gasteiger partial charge in [-0.1, -0.05) is 0 Å². The summed E-state index contributed by atoms with van der Waals surface area (Å²) in [4.78, 5) is 20.7. The predicted molar refractivity (Wildman–Crippen MR) is 38.1 cm³/mol. The molecule has 2 atom stereocenters. The molecule has 1 saturated heterocycles. The Labute approximate surface area is 69.2 Å². The molecule has 1 aliphatic heterocycles. The van der Waals surface area contributed by atoms with Gasteiger partial charge in [-0.15, -0.1) is 0 Å². The van der Waals surface area contributed by atoms with E-state index in [0.29, 0.717) is 0 Å². The molecule has 6 nitrogen and oxygen atoms in total. The summed E-state index contributed by atoms with van der Waals surface area (Å²) in [6, 6.07) is -0.402. The van der Waals surface area contributed by atoms with Crippen LogP contribution in [0.4, 0.5) is 0 Å². The summed E-state index contributed by atoms with van der Waals surface area (Å²) in [7, 11) is 0. The molecule has 6 N–H and O–H groups in total. The second kappa shape index (κ2) is 4.03. The van der Waals surface area contributed by atoms with E-state index < -0.39 is 17.9 Å². The molecule has 1 heterocycles. The first-order valence-corrected chi connectivity index (χ1v) is 3.26. The van der Waals surface area contributed by atoms with Gasteiger partial charge in [0.25, 0.3) is 0 Å². The zero-order valence-electron chi connectivity index (χ0n) is 6.74. The van der Waals surface area contributed by atoms with Crippen molar-refractivity contribution in [2.75, 3.05) is 6.61 Å². The maximum absolute atomic E-state index is 10.6. The van der Waals surface area contributed by atoms with Crippen molar-refractivity contribution < 1.29 is 19.8 Å². The first kappa shape index (κ1) is 10.9. The Balaban J connectivity index is 0.00000121. The molecule has 1 rings (SSSR count). The number of nitrogens with one attached hydrogen (secondary N) is 1. The fourth-order valence-corrected chi connectivity index (χ4v) is 1.06. The molecule has 0 aliphatic carbocycles. The van der Waals surface area contributed by atoms with Crippen LogP contribution in [0.15, 0.2) is 0 Å². The van der Waals surface area contributed by atoms with Gasteiger partial charge in [0.2, 0.25) is 5.91 Å². The third kappa shape index (κ3) is 1.93. The van der Waals surface area contributed by atoms with Crippen LogP contribution in [0, 0.1) is 5.92 Å². The molecule has 1 aliphatic rings. The van der Waals surface area contributed by atoms with Gasteiger partial charge in [-0.05, 0) is 0 Å². The fraction of sp³-hybridized carbons (Fsp3) is 0.667. The number of rotatable bonds is 3. The second-order valence-corrected chi connectivity index (χ2v) is 2.48. The zero-order valence-corrected chi connectivity index (χ0v) is 6.74. The van der Waals surface area contributed by atoms with E-state index in [9.17, 15) is 14.7 Å². The minimum atomic E-state index is -1.26. The van der Waals surface area contributed by atoms with Crippen molar-refractivity contribution in [2.45, 2.75) is 12.5 Å². The Kier molecular flexibility index (Phi) is 3.65. The molecular weight excluding hydrogens is 164 g/mol. The van der Waals surface area contributed by atoms with Gasteiger partial charge in [0.1, 0.15) is 0 Å². The SMILES string of the molecule is O=C([O-])C[C@@H]1C(=O)N[C@@H]1CO.[NH4+]. The molecule has 0 spiro atoms. The van der Waals surface area contributed by atoms with Gasteiger partial charge in [-0.3, -0.25) is 4.79 Å². The van der Waals surface area contributed by atoms with E-state index in [2.05, 4.69) is 5.32 Å². The van der Waals surface area contributed by atoms with Crippen molar-refractivity contribution in [2.24, 2.45) is 5.92 Å². The summed E-state index contributed by atoms with van der Waals surface area (Å²) >= 11 is 0. The molecule has 0 aromatic carbocycles. The Morgan fingerprint density at radius 2 is 2.25 bits per heavy atom. The first-order valence-electron chi connectivity index (χ1n) is 3.26. The van der Waals surface area contributed by atoms with Crippen LogP contribution in [0.2, 0.25) is 0 Å². The van der Waals surface area contributed by atoms with Crippen molar-refractivity contribution in [3.05, 3.63) is 0 Å². The van der Waals surface area contributed by atoms with Gasteiger partial charge in [-0.2, -0.15) is 0 Å². The standard InChI is InChI=1S/C6H9NO4.H3N/c8-2-4-3(1-5(9)10)6(11)7-4;/h3-4,8H,1-2H2,(H,7,11)(H,9,10);1H3/t3-,4+;/m0./s1. The molecule has 1 fully saturated rings. The topological polar surface area (TPSA) is 126 Å². The lowest BCUT2D eigenvalue weighted by Gasteiger charge is -2.35. The lowest BCUT2D eigenvalue weighted by molar-refractivity contribution is -0.307. The molecule has 70 valence electrons. The summed E-state index contributed by atoms with van der Waals surface area (Å²) in [5, 5.41) is 21.0. The lowest BCUT2D eigenvalue weighted by atomic mass is 9.88. The maximum atomic E-state index is 10.6. The number of carbonyl (C=O) groups excluding carboxylic acids is 2. The highest BCUT2D eigenvalue weighted by Crippen LogP contribution is 2.17. The number of β-lactam (4-membered cyclic amide) rings is 1. The molecule has 12 heavy (non-hydrogen) atoms. The number of aliphatic carboxylic acids is 1. The van der Waals surface area contributed by atoms with E-state index in [-0.39, 0.29) is 25.1 Å². The molecule has 0 bridgehead atoms. The summed E-state index contributed by atoms with van der Waals surface area (Å²) in [5.74, 6) is -2.19. The Bertz CT molecular complexity index is 194. The van der Waals surface area contributed by atoms with Crippen molar-refractivity contribution in [3.63, 3.8) is 0 Å². The largest absolute Gasteiger partial charge is 0.550 e. The highest BCUT2D eigenvalue weighted by Gasteiger charge is 2.38. The molecular formula is C6H12N2O4. The van der Waals surface area contributed by atoms with Crippen LogP contribution >= 0.6 is 0 Å². The van der Waals surface area contributed by atoms with Crippen LogP contribution in [0.1, 0.15) is 6.42 Å². The van der Waals surface area contributed by atoms with Gasteiger partial charge >= 0.3 is 0 Å². The highest BCUT2D eigenvalue weighted by molar-refractivity contribution is 5.88. The van der Waals surface area contributed by atoms with Crippen LogP contribution in [-0.4, -0.2) is 29.6 Å². The van der Waals surface area contributed by atoms with Crippen molar-refractivity contribution in [3.8, 4) is 0 Å². The molecule has 0 radical (unpaired) electrons. The van der Waals surface area contributed by atoms with Crippen molar-refractivity contribution >= 4 is 11.9 Å². The monoisotopic (exact) mass is 176 g/mol. The quantitative estimate of drug-likeness (QED) is 0.414. The minimum absolute atomic E-state index is 0. The number of hydrogen-bond donors (Lipinski definition) is 3. The van der Waals surface area contributed by atoms with E-state index >= 15 is 0 Å². The zero-order chi connectivity index (χ0) is 8.43. The number of aliphatic hydroxyl groups excluding tert-OH is 1. The van der Waals surface area contributed by atoms with Crippen molar-refractivity contribution in [1.82, 2.24) is 11.5 Å². The summed E-state index contributed by atoms with van der Waals surface area (Å²) < 4.78 is 0. The van der Waals surface area contributed by atoms with Crippen LogP contribution in [0.5, 0.6) is 0 Å². The average molecular weight is 176 g/mol. The Morgan fingerprint density at radius 1 is 1.67 bits per heavy atom. The maximum Gasteiger partial charge on any atom is 0.225 e. The van der Waals surface area contributed by atoms with Gasteiger partial charge in [0.05, 0.1) is 18.6 Å². The third-order valence-corrected chi connectivity index (χ3v) is 1.73. The number of carboxylic acid groups (broad SMARTS) is 1. The smallest absolute Gasteiger partial charge is 0.225 e. The highest BCUT2D eigenvalue weighted by atomic mass is 16.4. The van der Waals surface area contributed by atoms with Crippen molar-refractivity contribution in [1.29, 1.82) is 0 Å². The third-order valence-electron chi connectivity index (χ3n) is 1.73. The fourth-order valence-electron chi connectivity index (χ4n) is 1.06. The van der Waals surface area contributed by atoms with E-state index in [1.165, 1.54) is 0 Å². The van der Waals surface area contributed by atoms with Crippen LogP contribution in [0.25, 0.3) is 0 Å². The molecule has 0 unspecified atom stereocenters. The van der Waals surface area contributed by atoms with E-state index in [0.717, 1.165) is 0 Å². The van der Waals surface area contributed by atoms with E-state index in [1.807, 2.05) is 0 Å². The number of hydrogen-bond acceptors (Lipinski definition) is 4. The van der Waals surface area contributed by atoms with Crippen LogP contribution in [0.3, 0.4) is 0 Å². The molecule has 6 heteroatoms. The van der Waals surface area contributed by atoms with E-state index in [4.69, 9.17) is 5.11 Å². The Morgan fingerprint density at radius 3 is 2.58 bits per heavy atom. The summed E-state index contributed by atoms with van der Waals surface area (Å²) in [6.07, 6.45) is -0.308. The van der Waals surface area contributed by atoms with Gasteiger partial charge in [-0.25, -0.2) is 0 Å². The molecule has 0 saturated carbocycles. The van der Waals surface area contributed by atoms with E-state index in [1.54, 1.807) is 0 Å². The summed E-state index contributed by atoms with van der Waals surface area (Å²) in [6.45, 7) is -0.219. The number of carbonyl (C=O) groups is 2. The molecule has 1 amide bonds. The molecule has 0 aromatic rings. The molecule has 0 aromatic heterocycles. The second-order valence-electron chi connectivity index (χ2n) is 2.48. The van der Waals surface area contributed by atoms with Gasteiger partial charge in [0, 0.05) is 12.4 Å². The number of aliphatic hydroxyl groups is 1. The van der Waals surface area contributed by atoms with Crippen LogP contribution in [-0.2, 0) is 9.59 Å². The number of carboxylic acids is 1. The average Bonchev–Trinajstić information content (AvgIpc) is 1.95. The number of amides is 1. The first-order chi connectivity index (χ1) is 5.15. The lowest BCUT2D eigenvalue weighted by Crippen LogP contribution is -2.61. The normalized spacial score (nSPS) is 26.6.